The van der Waals surface area contributed by atoms with Crippen LogP contribution < -0.4 is 0 Å². The first-order chi connectivity index (χ1) is 6.98. The molecular formula is C13H17BrO. The molecular weight excluding hydrogens is 252 g/mol. The summed E-state index contributed by atoms with van der Waals surface area (Å²) in [5, 5.41) is 10.1. The molecule has 0 saturated heterocycles. The van der Waals surface area contributed by atoms with E-state index in [1.54, 1.807) is 0 Å². The molecule has 0 amide bonds. The summed E-state index contributed by atoms with van der Waals surface area (Å²) in [4.78, 5) is 0.118. The first-order valence-corrected chi connectivity index (χ1v) is 6.35. The van der Waals surface area contributed by atoms with E-state index in [9.17, 15) is 5.11 Å². The maximum absolute atomic E-state index is 10.1. The van der Waals surface area contributed by atoms with Crippen LogP contribution in [0, 0.1) is 0 Å². The number of hydrogen-bond acceptors (Lipinski definition) is 1. The molecule has 0 fully saturated rings. The molecule has 1 aromatic carbocycles. The predicted molar refractivity (Wildman–Crippen MR) is 66.5 cm³/mol. The standard InChI is InChI=1S/C13H17BrO/c1-4-8-5-6-9-10(7-8)13(2,3)12(14)11(9)15/h5-7,11-12,15H,4H2,1-3H3/t11-,12+/m1/s1. The Hall–Kier alpha value is -0.340. The van der Waals surface area contributed by atoms with Crippen LogP contribution in [0.5, 0.6) is 0 Å². The molecule has 0 aliphatic heterocycles. The highest BCUT2D eigenvalue weighted by Gasteiger charge is 2.44. The maximum Gasteiger partial charge on any atom is 0.0926 e. The van der Waals surface area contributed by atoms with Gasteiger partial charge < -0.3 is 5.11 Å². The second-order valence-corrected chi connectivity index (χ2v) is 5.83. The molecule has 1 nitrogen and oxygen atoms in total. The lowest BCUT2D eigenvalue weighted by atomic mass is 9.85. The maximum atomic E-state index is 10.1. The third kappa shape index (κ3) is 1.55. The summed E-state index contributed by atoms with van der Waals surface area (Å²) in [6.45, 7) is 6.52. The fourth-order valence-corrected chi connectivity index (χ4v) is 2.87. The largest absolute Gasteiger partial charge is 0.387 e. The minimum absolute atomic E-state index is 0.0138. The van der Waals surface area contributed by atoms with Gasteiger partial charge in [-0.15, -0.1) is 0 Å². The Morgan fingerprint density at radius 3 is 2.67 bits per heavy atom. The first-order valence-electron chi connectivity index (χ1n) is 5.44. The van der Waals surface area contributed by atoms with Crippen LogP contribution >= 0.6 is 15.9 Å². The van der Waals surface area contributed by atoms with Gasteiger partial charge in [0.1, 0.15) is 0 Å². The van der Waals surface area contributed by atoms with Crippen LogP contribution in [-0.4, -0.2) is 9.93 Å². The highest BCUT2D eigenvalue weighted by Crippen LogP contribution is 2.48. The second kappa shape index (κ2) is 3.60. The molecule has 2 heteroatoms. The molecule has 0 aromatic heterocycles. The monoisotopic (exact) mass is 268 g/mol. The molecule has 15 heavy (non-hydrogen) atoms. The van der Waals surface area contributed by atoms with Crippen molar-refractivity contribution in [3.8, 4) is 0 Å². The quantitative estimate of drug-likeness (QED) is 0.775. The summed E-state index contributed by atoms with van der Waals surface area (Å²) < 4.78 is 0. The van der Waals surface area contributed by atoms with Crippen LogP contribution in [0.2, 0.25) is 0 Å². The van der Waals surface area contributed by atoms with Crippen LogP contribution in [-0.2, 0) is 11.8 Å². The van der Waals surface area contributed by atoms with E-state index in [0.717, 1.165) is 12.0 Å². The Morgan fingerprint density at radius 2 is 2.07 bits per heavy atom. The van der Waals surface area contributed by atoms with Gasteiger partial charge in [0.15, 0.2) is 0 Å². The van der Waals surface area contributed by atoms with Crippen LogP contribution in [0.3, 0.4) is 0 Å². The van der Waals surface area contributed by atoms with Crippen molar-refractivity contribution in [1.82, 2.24) is 0 Å². The molecule has 82 valence electrons. The predicted octanol–water partition coefficient (Wildman–Crippen LogP) is 3.34. The lowest BCUT2D eigenvalue weighted by molar-refractivity contribution is 0.171. The van der Waals surface area contributed by atoms with Crippen LogP contribution in [0.15, 0.2) is 18.2 Å². The third-order valence-corrected chi connectivity index (χ3v) is 5.15. The van der Waals surface area contributed by atoms with Crippen LogP contribution in [0.1, 0.15) is 43.6 Å². The van der Waals surface area contributed by atoms with E-state index >= 15 is 0 Å². The van der Waals surface area contributed by atoms with E-state index in [4.69, 9.17) is 0 Å². The van der Waals surface area contributed by atoms with Gasteiger partial charge in [-0.25, -0.2) is 0 Å². The number of rotatable bonds is 1. The number of aliphatic hydroxyl groups is 1. The minimum Gasteiger partial charge on any atom is -0.387 e. The Bertz CT molecular complexity index is 384. The summed E-state index contributed by atoms with van der Waals surface area (Å²) in [7, 11) is 0. The summed E-state index contributed by atoms with van der Waals surface area (Å²) in [6, 6.07) is 6.42. The van der Waals surface area contributed by atoms with Gasteiger partial charge in [0.25, 0.3) is 0 Å². The topological polar surface area (TPSA) is 20.2 Å². The van der Waals surface area contributed by atoms with E-state index in [1.165, 1.54) is 11.1 Å². The van der Waals surface area contributed by atoms with Gasteiger partial charge in [-0.05, 0) is 23.1 Å². The number of alkyl halides is 1. The lowest BCUT2D eigenvalue weighted by Gasteiger charge is -2.24. The van der Waals surface area contributed by atoms with E-state index < -0.39 is 0 Å². The summed E-state index contributed by atoms with van der Waals surface area (Å²) in [5.41, 5.74) is 3.73. The zero-order valence-electron chi connectivity index (χ0n) is 9.42. The van der Waals surface area contributed by atoms with Crippen molar-refractivity contribution < 1.29 is 5.11 Å². The first kappa shape index (κ1) is 11.2. The summed E-state index contributed by atoms with van der Waals surface area (Å²) in [5.74, 6) is 0. The average Bonchev–Trinajstić information content (AvgIpc) is 2.40. The van der Waals surface area contributed by atoms with Gasteiger partial charge >= 0.3 is 0 Å². The van der Waals surface area contributed by atoms with Crippen molar-refractivity contribution >= 4 is 15.9 Å². The Labute approximate surface area is 99.6 Å². The van der Waals surface area contributed by atoms with Gasteiger partial charge in [-0.2, -0.15) is 0 Å². The molecule has 0 unspecified atom stereocenters. The smallest absolute Gasteiger partial charge is 0.0926 e. The van der Waals surface area contributed by atoms with Crippen LogP contribution in [0.25, 0.3) is 0 Å². The molecule has 0 radical (unpaired) electrons. The molecule has 1 N–H and O–H groups in total. The molecule has 1 aliphatic rings. The van der Waals surface area contributed by atoms with Gasteiger partial charge in [0.05, 0.1) is 10.9 Å². The zero-order valence-corrected chi connectivity index (χ0v) is 11.0. The van der Waals surface area contributed by atoms with E-state index in [2.05, 4.69) is 54.9 Å². The van der Waals surface area contributed by atoms with Crippen molar-refractivity contribution in [2.45, 2.75) is 43.5 Å². The number of halogens is 1. The minimum atomic E-state index is -0.374. The normalized spacial score (nSPS) is 27.8. The number of aliphatic hydroxyl groups excluding tert-OH is 1. The third-order valence-electron chi connectivity index (χ3n) is 3.51. The fourth-order valence-electron chi connectivity index (χ4n) is 2.34. The highest BCUT2D eigenvalue weighted by molar-refractivity contribution is 9.09. The number of benzene rings is 1. The Morgan fingerprint density at radius 1 is 1.40 bits per heavy atom. The fraction of sp³-hybridized carbons (Fsp3) is 0.538. The summed E-state index contributed by atoms with van der Waals surface area (Å²) >= 11 is 3.60. The Balaban J connectivity index is 2.57. The van der Waals surface area contributed by atoms with Crippen LogP contribution in [0.4, 0.5) is 0 Å². The molecule has 0 spiro atoms. The van der Waals surface area contributed by atoms with E-state index in [1.807, 2.05) is 0 Å². The molecule has 2 atom stereocenters. The van der Waals surface area contributed by atoms with Gasteiger partial charge in [0, 0.05) is 5.41 Å². The van der Waals surface area contributed by atoms with Gasteiger partial charge in [-0.1, -0.05) is 54.9 Å². The highest BCUT2D eigenvalue weighted by atomic mass is 79.9. The van der Waals surface area contributed by atoms with Crippen molar-refractivity contribution in [1.29, 1.82) is 0 Å². The molecule has 1 aromatic rings. The van der Waals surface area contributed by atoms with Crippen molar-refractivity contribution in [3.63, 3.8) is 0 Å². The molecule has 1 aliphatic carbocycles. The van der Waals surface area contributed by atoms with Crippen molar-refractivity contribution in [2.75, 3.05) is 0 Å². The van der Waals surface area contributed by atoms with E-state index in [0.29, 0.717) is 0 Å². The Kier molecular flexibility index (Phi) is 2.68. The molecule has 0 saturated carbocycles. The SMILES string of the molecule is CCc1ccc2c(c1)C(C)(C)[C@@H](Br)[C@@H]2O. The zero-order chi connectivity index (χ0) is 11.2. The van der Waals surface area contributed by atoms with Gasteiger partial charge in [0.2, 0.25) is 0 Å². The molecule has 0 bridgehead atoms. The van der Waals surface area contributed by atoms with Crippen molar-refractivity contribution in [3.05, 3.63) is 34.9 Å². The molecule has 2 rings (SSSR count). The number of aryl methyl sites for hydroxylation is 1. The lowest BCUT2D eigenvalue weighted by Crippen LogP contribution is -2.25. The molecule has 0 heterocycles. The van der Waals surface area contributed by atoms with Crippen molar-refractivity contribution in [2.24, 2.45) is 0 Å². The van der Waals surface area contributed by atoms with E-state index in [-0.39, 0.29) is 16.3 Å². The number of hydrogen-bond donors (Lipinski definition) is 1. The number of fused-ring (bicyclic) bond motifs is 1. The average molecular weight is 269 g/mol. The summed E-state index contributed by atoms with van der Waals surface area (Å²) in [6.07, 6.45) is 0.674. The van der Waals surface area contributed by atoms with Gasteiger partial charge in [-0.3, -0.25) is 0 Å². The second-order valence-electron chi connectivity index (χ2n) is 4.84.